The summed E-state index contributed by atoms with van der Waals surface area (Å²) in [5, 5.41) is 2.72. The van der Waals surface area contributed by atoms with E-state index in [-0.39, 0.29) is 23.6 Å². The molecule has 2 aromatic rings. The third-order valence-electron chi connectivity index (χ3n) is 3.86. The Bertz CT molecular complexity index is 697. The van der Waals surface area contributed by atoms with E-state index in [1.807, 2.05) is 0 Å². The highest BCUT2D eigenvalue weighted by Gasteiger charge is 2.22. The van der Waals surface area contributed by atoms with Crippen LogP contribution >= 0.6 is 0 Å². The number of carbonyl (C=O) groups excluding carboxylic acids is 2. The van der Waals surface area contributed by atoms with E-state index in [0.717, 1.165) is 19.4 Å². The van der Waals surface area contributed by atoms with Crippen LogP contribution in [0.2, 0.25) is 0 Å². The van der Waals surface area contributed by atoms with Crippen LogP contribution in [0, 0.1) is 0 Å². The molecule has 3 rings (SSSR count). The lowest BCUT2D eigenvalue weighted by atomic mass is 10.1. The van der Waals surface area contributed by atoms with E-state index in [1.54, 1.807) is 41.3 Å². The zero-order chi connectivity index (χ0) is 16.2. The fraction of sp³-hybridized carbons (Fsp3) is 0.294. The molecular weight excluding hydrogens is 294 g/mol. The number of carbonyl (C=O) groups is 2. The Hall–Kier alpha value is -2.60. The standard InChI is InChI=1S/C17H19N3O3/c18-13-5-2-8-20(11-13)17(22)12-4-1-6-14(10-12)19-16(21)15-7-3-9-23-15/h1,3-4,6-7,9-10,13H,2,5,8,11,18H2,(H,19,21). The monoisotopic (exact) mass is 313 g/mol. The van der Waals surface area contributed by atoms with Gasteiger partial charge in [0.05, 0.1) is 6.26 Å². The van der Waals surface area contributed by atoms with Gasteiger partial charge in [-0.1, -0.05) is 6.07 Å². The van der Waals surface area contributed by atoms with Crippen LogP contribution in [0.5, 0.6) is 0 Å². The van der Waals surface area contributed by atoms with Crippen LogP contribution in [0.3, 0.4) is 0 Å². The summed E-state index contributed by atoms with van der Waals surface area (Å²) in [6.07, 6.45) is 3.30. The van der Waals surface area contributed by atoms with E-state index in [2.05, 4.69) is 5.32 Å². The predicted molar refractivity (Wildman–Crippen MR) is 86.2 cm³/mol. The molecule has 1 aliphatic heterocycles. The number of hydrogen-bond donors (Lipinski definition) is 2. The van der Waals surface area contributed by atoms with Crippen molar-refractivity contribution in [1.29, 1.82) is 0 Å². The van der Waals surface area contributed by atoms with Crippen molar-refractivity contribution in [1.82, 2.24) is 4.90 Å². The highest BCUT2D eigenvalue weighted by molar-refractivity contribution is 6.03. The SMILES string of the molecule is NC1CCCN(C(=O)c2cccc(NC(=O)c3ccco3)c2)C1. The lowest BCUT2D eigenvalue weighted by Gasteiger charge is -2.30. The van der Waals surface area contributed by atoms with Crippen molar-refractivity contribution in [2.75, 3.05) is 18.4 Å². The van der Waals surface area contributed by atoms with Crippen LogP contribution in [0.25, 0.3) is 0 Å². The topological polar surface area (TPSA) is 88.6 Å². The molecule has 3 N–H and O–H groups in total. The Labute approximate surface area is 134 Å². The number of amides is 2. The molecule has 6 nitrogen and oxygen atoms in total. The van der Waals surface area contributed by atoms with Gasteiger partial charge in [0.15, 0.2) is 5.76 Å². The molecule has 23 heavy (non-hydrogen) atoms. The van der Waals surface area contributed by atoms with Crippen LogP contribution < -0.4 is 11.1 Å². The highest BCUT2D eigenvalue weighted by atomic mass is 16.3. The highest BCUT2D eigenvalue weighted by Crippen LogP contribution is 2.17. The fourth-order valence-corrected chi connectivity index (χ4v) is 2.71. The van der Waals surface area contributed by atoms with Crippen molar-refractivity contribution in [3.05, 3.63) is 54.0 Å². The smallest absolute Gasteiger partial charge is 0.291 e. The molecule has 0 radical (unpaired) electrons. The quantitative estimate of drug-likeness (QED) is 0.908. The van der Waals surface area contributed by atoms with Gasteiger partial charge in [0.2, 0.25) is 0 Å². The first-order valence-corrected chi connectivity index (χ1v) is 7.63. The molecule has 1 atom stereocenters. The van der Waals surface area contributed by atoms with Gasteiger partial charge in [-0.25, -0.2) is 0 Å². The second-order valence-electron chi connectivity index (χ2n) is 5.67. The Morgan fingerprint density at radius 3 is 2.87 bits per heavy atom. The molecular formula is C17H19N3O3. The van der Waals surface area contributed by atoms with Gasteiger partial charge in [-0.15, -0.1) is 0 Å². The molecule has 1 saturated heterocycles. The molecule has 1 aliphatic rings. The molecule has 1 aromatic heterocycles. The molecule has 2 heterocycles. The van der Waals surface area contributed by atoms with Gasteiger partial charge in [-0.2, -0.15) is 0 Å². The van der Waals surface area contributed by atoms with Crippen molar-refractivity contribution in [2.24, 2.45) is 5.73 Å². The van der Waals surface area contributed by atoms with Crippen molar-refractivity contribution >= 4 is 17.5 Å². The van der Waals surface area contributed by atoms with Crippen LogP contribution in [-0.4, -0.2) is 35.8 Å². The van der Waals surface area contributed by atoms with Crippen LogP contribution in [0.1, 0.15) is 33.8 Å². The van der Waals surface area contributed by atoms with Crippen LogP contribution in [0.15, 0.2) is 47.1 Å². The molecule has 6 heteroatoms. The van der Waals surface area contributed by atoms with Gasteiger partial charge in [0.1, 0.15) is 0 Å². The second-order valence-corrected chi connectivity index (χ2v) is 5.67. The molecule has 1 unspecified atom stereocenters. The minimum atomic E-state index is -0.348. The molecule has 1 fully saturated rings. The van der Waals surface area contributed by atoms with Gasteiger partial charge in [0, 0.05) is 30.4 Å². The lowest BCUT2D eigenvalue weighted by Crippen LogP contribution is -2.45. The summed E-state index contributed by atoms with van der Waals surface area (Å²) in [7, 11) is 0. The summed E-state index contributed by atoms with van der Waals surface area (Å²) in [5.41, 5.74) is 7.02. The average Bonchev–Trinajstić information content (AvgIpc) is 3.09. The molecule has 0 saturated carbocycles. The number of furan rings is 1. The minimum Gasteiger partial charge on any atom is -0.459 e. The number of nitrogens with two attached hydrogens (primary N) is 1. The number of piperidine rings is 1. The maximum atomic E-state index is 12.6. The number of rotatable bonds is 3. The lowest BCUT2D eigenvalue weighted by molar-refractivity contribution is 0.0708. The number of hydrogen-bond acceptors (Lipinski definition) is 4. The van der Waals surface area contributed by atoms with Crippen molar-refractivity contribution in [3.8, 4) is 0 Å². The van der Waals surface area contributed by atoms with E-state index in [4.69, 9.17) is 10.2 Å². The molecule has 120 valence electrons. The zero-order valence-electron chi connectivity index (χ0n) is 12.7. The Balaban J connectivity index is 1.72. The van der Waals surface area contributed by atoms with E-state index in [0.29, 0.717) is 17.8 Å². The van der Waals surface area contributed by atoms with Gasteiger partial charge in [0.25, 0.3) is 11.8 Å². The number of anilines is 1. The first-order valence-electron chi connectivity index (χ1n) is 7.63. The normalized spacial score (nSPS) is 17.8. The van der Waals surface area contributed by atoms with Crippen molar-refractivity contribution in [2.45, 2.75) is 18.9 Å². The summed E-state index contributed by atoms with van der Waals surface area (Å²) in [6.45, 7) is 1.29. The fourth-order valence-electron chi connectivity index (χ4n) is 2.71. The largest absolute Gasteiger partial charge is 0.459 e. The summed E-state index contributed by atoms with van der Waals surface area (Å²) in [4.78, 5) is 26.3. The predicted octanol–water partition coefficient (Wildman–Crippen LogP) is 2.10. The summed E-state index contributed by atoms with van der Waals surface area (Å²) in [5.74, 6) is -0.183. The van der Waals surface area contributed by atoms with Crippen molar-refractivity contribution in [3.63, 3.8) is 0 Å². The molecule has 1 aromatic carbocycles. The Morgan fingerprint density at radius 1 is 1.26 bits per heavy atom. The average molecular weight is 313 g/mol. The van der Waals surface area contributed by atoms with E-state index in [9.17, 15) is 9.59 Å². The second kappa shape index (κ2) is 6.66. The Kier molecular flexibility index (Phi) is 4.43. The van der Waals surface area contributed by atoms with E-state index < -0.39 is 0 Å². The number of nitrogens with one attached hydrogen (secondary N) is 1. The van der Waals surface area contributed by atoms with Gasteiger partial charge >= 0.3 is 0 Å². The summed E-state index contributed by atoms with van der Waals surface area (Å²) in [6, 6.07) is 10.2. The van der Waals surface area contributed by atoms with E-state index in [1.165, 1.54) is 6.26 Å². The molecule has 2 amide bonds. The summed E-state index contributed by atoms with van der Waals surface area (Å²) >= 11 is 0. The number of nitrogens with zero attached hydrogens (tertiary/aromatic N) is 1. The zero-order valence-corrected chi connectivity index (χ0v) is 12.7. The van der Waals surface area contributed by atoms with Crippen molar-refractivity contribution < 1.29 is 14.0 Å². The minimum absolute atomic E-state index is 0.0366. The molecule has 0 spiro atoms. The molecule has 0 bridgehead atoms. The number of likely N-dealkylation sites (tertiary alicyclic amines) is 1. The molecule has 0 aliphatic carbocycles. The summed E-state index contributed by atoms with van der Waals surface area (Å²) < 4.78 is 5.05. The first kappa shape index (κ1) is 15.3. The third-order valence-corrected chi connectivity index (χ3v) is 3.86. The van der Waals surface area contributed by atoms with Gasteiger partial charge in [-0.05, 0) is 43.2 Å². The van der Waals surface area contributed by atoms with Gasteiger partial charge < -0.3 is 20.4 Å². The van der Waals surface area contributed by atoms with Crippen LogP contribution in [-0.2, 0) is 0 Å². The maximum Gasteiger partial charge on any atom is 0.291 e. The first-order chi connectivity index (χ1) is 11.1. The maximum absolute atomic E-state index is 12.6. The van der Waals surface area contributed by atoms with Gasteiger partial charge in [-0.3, -0.25) is 9.59 Å². The van der Waals surface area contributed by atoms with E-state index >= 15 is 0 Å². The Morgan fingerprint density at radius 2 is 2.13 bits per heavy atom. The third kappa shape index (κ3) is 3.60. The number of benzene rings is 1. The van der Waals surface area contributed by atoms with Crippen LogP contribution in [0.4, 0.5) is 5.69 Å².